The van der Waals surface area contributed by atoms with Crippen molar-refractivity contribution in [1.82, 2.24) is 25.1 Å². The van der Waals surface area contributed by atoms with Crippen molar-refractivity contribution in [2.75, 3.05) is 11.4 Å². The van der Waals surface area contributed by atoms with Crippen molar-refractivity contribution in [1.29, 1.82) is 0 Å². The van der Waals surface area contributed by atoms with E-state index in [-0.39, 0.29) is 24.0 Å². The third kappa shape index (κ3) is 6.49. The Hall–Kier alpha value is -3.69. The first-order valence-electron chi connectivity index (χ1n) is 13.9. The van der Waals surface area contributed by atoms with E-state index in [0.29, 0.717) is 35.1 Å². The van der Waals surface area contributed by atoms with Crippen LogP contribution >= 0.6 is 0 Å². The van der Waals surface area contributed by atoms with Gasteiger partial charge in [0.25, 0.3) is 5.91 Å². The number of ether oxygens (including phenoxy) is 2. The second-order valence-electron chi connectivity index (χ2n) is 12.0. The number of hydrogen-bond donors (Lipinski definition) is 1. The molecule has 39 heavy (non-hydrogen) atoms. The highest BCUT2D eigenvalue weighted by Crippen LogP contribution is 2.32. The lowest BCUT2D eigenvalue weighted by atomic mass is 10.1. The lowest BCUT2D eigenvalue weighted by Crippen LogP contribution is -2.39. The highest BCUT2D eigenvalue weighted by Gasteiger charge is 2.29. The average Bonchev–Trinajstić information content (AvgIpc) is 3.34. The van der Waals surface area contributed by atoms with Crippen LogP contribution < -0.4 is 15.0 Å². The fourth-order valence-electron chi connectivity index (χ4n) is 4.68. The zero-order chi connectivity index (χ0) is 27.7. The normalized spacial score (nSPS) is 16.1. The SMILES string of the molecule is CC(C)CN(C(=O)OC(C)(C)C)c1cc(OC2CCCC2)nn2c(-c3ccc(C(=O)NC4CC4)cc3)nnc12. The topological polar surface area (TPSA) is 111 Å². The Morgan fingerprint density at radius 2 is 1.77 bits per heavy atom. The van der Waals surface area contributed by atoms with Crippen LogP contribution in [-0.4, -0.2) is 56.1 Å². The number of rotatable bonds is 8. The Balaban J connectivity index is 1.55. The minimum absolute atomic E-state index is 0.0760. The largest absolute Gasteiger partial charge is 0.473 e. The second kappa shape index (κ2) is 10.8. The summed E-state index contributed by atoms with van der Waals surface area (Å²) in [6.07, 6.45) is 5.86. The van der Waals surface area contributed by atoms with Gasteiger partial charge in [0.1, 0.15) is 11.7 Å². The first-order valence-corrected chi connectivity index (χ1v) is 13.9. The Morgan fingerprint density at radius 3 is 2.38 bits per heavy atom. The Kier molecular flexibility index (Phi) is 7.46. The van der Waals surface area contributed by atoms with Gasteiger partial charge in [-0.05, 0) is 77.3 Å². The van der Waals surface area contributed by atoms with Gasteiger partial charge >= 0.3 is 6.09 Å². The molecule has 1 N–H and O–H groups in total. The van der Waals surface area contributed by atoms with Crippen LogP contribution in [-0.2, 0) is 4.74 Å². The summed E-state index contributed by atoms with van der Waals surface area (Å²) < 4.78 is 13.7. The summed E-state index contributed by atoms with van der Waals surface area (Å²) >= 11 is 0. The first-order chi connectivity index (χ1) is 18.6. The molecular formula is C29H38N6O4. The summed E-state index contributed by atoms with van der Waals surface area (Å²) in [6.45, 7) is 10.0. The summed E-state index contributed by atoms with van der Waals surface area (Å²) in [4.78, 5) is 27.5. The molecule has 0 aliphatic heterocycles. The number of fused-ring (bicyclic) bond motifs is 1. The summed E-state index contributed by atoms with van der Waals surface area (Å²) in [5.41, 5.74) is 1.62. The van der Waals surface area contributed by atoms with E-state index in [4.69, 9.17) is 14.6 Å². The maximum atomic E-state index is 13.4. The molecule has 2 saturated carbocycles. The number of benzene rings is 1. The van der Waals surface area contributed by atoms with E-state index in [1.807, 2.05) is 46.8 Å². The molecule has 0 unspecified atom stereocenters. The number of aromatic nitrogens is 4. The highest BCUT2D eigenvalue weighted by molar-refractivity contribution is 5.95. The number of nitrogens with one attached hydrogen (secondary N) is 1. The molecule has 2 fully saturated rings. The van der Waals surface area contributed by atoms with Crippen LogP contribution in [0.25, 0.3) is 17.0 Å². The van der Waals surface area contributed by atoms with Crippen LogP contribution in [0.15, 0.2) is 30.3 Å². The monoisotopic (exact) mass is 534 g/mol. The predicted molar refractivity (Wildman–Crippen MR) is 148 cm³/mol. The third-order valence-electron chi connectivity index (χ3n) is 6.69. The van der Waals surface area contributed by atoms with Crippen molar-refractivity contribution in [3.05, 3.63) is 35.9 Å². The predicted octanol–water partition coefficient (Wildman–Crippen LogP) is 5.40. The van der Waals surface area contributed by atoms with Crippen molar-refractivity contribution < 1.29 is 19.1 Å². The zero-order valence-electron chi connectivity index (χ0n) is 23.4. The van der Waals surface area contributed by atoms with Gasteiger partial charge in [-0.25, -0.2) is 4.79 Å². The molecule has 0 bridgehead atoms. The van der Waals surface area contributed by atoms with Gasteiger partial charge in [-0.15, -0.1) is 15.3 Å². The Labute approximate surface area is 229 Å². The van der Waals surface area contributed by atoms with Gasteiger partial charge in [0.2, 0.25) is 11.5 Å². The molecule has 2 aliphatic carbocycles. The number of amides is 2. The van der Waals surface area contributed by atoms with Crippen LogP contribution in [0.2, 0.25) is 0 Å². The highest BCUT2D eigenvalue weighted by atomic mass is 16.6. The van der Waals surface area contributed by atoms with Gasteiger partial charge in [-0.2, -0.15) is 4.52 Å². The minimum Gasteiger partial charge on any atom is -0.473 e. The van der Waals surface area contributed by atoms with Gasteiger partial charge in [0.05, 0.1) is 5.69 Å². The number of hydrogen-bond acceptors (Lipinski definition) is 7. The maximum Gasteiger partial charge on any atom is 0.414 e. The van der Waals surface area contributed by atoms with Gasteiger partial charge in [-0.3, -0.25) is 9.69 Å². The number of anilines is 1. The minimum atomic E-state index is -0.662. The summed E-state index contributed by atoms with van der Waals surface area (Å²) in [6, 6.07) is 9.29. The van der Waals surface area contributed by atoms with Crippen molar-refractivity contribution in [2.45, 2.75) is 90.9 Å². The zero-order valence-corrected chi connectivity index (χ0v) is 23.4. The molecule has 5 rings (SSSR count). The van der Waals surface area contributed by atoms with E-state index < -0.39 is 11.7 Å². The van der Waals surface area contributed by atoms with Gasteiger partial charge < -0.3 is 14.8 Å². The third-order valence-corrected chi connectivity index (χ3v) is 6.69. The van der Waals surface area contributed by atoms with Crippen molar-refractivity contribution in [2.24, 2.45) is 5.92 Å². The second-order valence-corrected chi connectivity index (χ2v) is 12.0. The molecule has 10 heteroatoms. The van der Waals surface area contributed by atoms with Crippen LogP contribution in [0.4, 0.5) is 10.5 Å². The molecule has 208 valence electrons. The summed E-state index contributed by atoms with van der Waals surface area (Å²) in [5.74, 6) is 0.986. The molecule has 0 spiro atoms. The van der Waals surface area contributed by atoms with Crippen LogP contribution in [0.1, 0.15) is 83.5 Å². The van der Waals surface area contributed by atoms with Crippen molar-refractivity contribution >= 4 is 23.3 Å². The standard InChI is InChI=1S/C29H38N6O4/c1-18(2)17-34(28(37)39-29(3,4)5)23-16-24(38-22-8-6-7-9-22)33-35-25(31-32-26(23)35)19-10-12-20(13-11-19)27(36)30-21-14-15-21/h10-13,16,18,21-22H,6-9,14-15,17H2,1-5H3,(H,30,36). The summed E-state index contributed by atoms with van der Waals surface area (Å²) in [5, 5.41) is 16.6. The van der Waals surface area contributed by atoms with Gasteiger partial charge in [0.15, 0.2) is 5.82 Å². The number of nitrogens with zero attached hydrogens (tertiary/aromatic N) is 5. The Morgan fingerprint density at radius 1 is 1.08 bits per heavy atom. The van der Waals surface area contributed by atoms with E-state index in [0.717, 1.165) is 44.1 Å². The molecular weight excluding hydrogens is 496 g/mol. The average molecular weight is 535 g/mol. The van der Waals surface area contributed by atoms with E-state index in [1.165, 1.54) is 0 Å². The quantitative estimate of drug-likeness (QED) is 0.412. The lowest BCUT2D eigenvalue weighted by molar-refractivity contribution is 0.0576. The molecule has 2 heterocycles. The Bertz CT molecular complexity index is 1330. The van der Waals surface area contributed by atoms with Gasteiger partial charge in [-0.1, -0.05) is 26.0 Å². The fourth-order valence-corrected chi connectivity index (χ4v) is 4.68. The van der Waals surface area contributed by atoms with Crippen molar-refractivity contribution in [3.8, 4) is 17.3 Å². The molecule has 2 aromatic heterocycles. The van der Waals surface area contributed by atoms with Crippen LogP contribution in [0.5, 0.6) is 5.88 Å². The summed E-state index contributed by atoms with van der Waals surface area (Å²) in [7, 11) is 0. The number of carbonyl (C=O) groups excluding carboxylic acids is 2. The smallest absolute Gasteiger partial charge is 0.414 e. The maximum absolute atomic E-state index is 13.4. The van der Waals surface area contributed by atoms with E-state index >= 15 is 0 Å². The molecule has 10 nitrogen and oxygen atoms in total. The van der Waals surface area contributed by atoms with E-state index in [9.17, 15) is 9.59 Å². The number of carbonyl (C=O) groups is 2. The molecule has 0 radical (unpaired) electrons. The fraction of sp³-hybridized carbons (Fsp3) is 0.552. The molecule has 1 aromatic carbocycles. The first kappa shape index (κ1) is 26.9. The van der Waals surface area contributed by atoms with Crippen LogP contribution in [0, 0.1) is 5.92 Å². The molecule has 2 amide bonds. The van der Waals surface area contributed by atoms with E-state index in [2.05, 4.69) is 15.5 Å². The molecule has 0 saturated heterocycles. The van der Waals surface area contributed by atoms with E-state index in [1.54, 1.807) is 27.6 Å². The molecule has 2 aliphatic rings. The molecule has 3 aromatic rings. The van der Waals surface area contributed by atoms with Crippen LogP contribution in [0.3, 0.4) is 0 Å². The molecule has 0 atom stereocenters. The lowest BCUT2D eigenvalue weighted by Gasteiger charge is -2.29. The van der Waals surface area contributed by atoms with Gasteiger partial charge in [0, 0.05) is 29.8 Å². The van der Waals surface area contributed by atoms with Crippen molar-refractivity contribution in [3.63, 3.8) is 0 Å².